The minimum absolute atomic E-state index is 0.324. The van der Waals surface area contributed by atoms with Crippen LogP contribution in [0.4, 0.5) is 4.79 Å². The minimum Gasteiger partial charge on any atom is -0.444 e. The Kier molecular flexibility index (Phi) is 7.46. The normalized spacial score (nSPS) is 23.9. The maximum absolute atomic E-state index is 11.7. The highest BCUT2D eigenvalue weighted by Crippen LogP contribution is 2.25. The van der Waals surface area contributed by atoms with E-state index in [1.807, 2.05) is 27.7 Å². The van der Waals surface area contributed by atoms with Crippen molar-refractivity contribution in [2.45, 2.75) is 71.6 Å². The van der Waals surface area contributed by atoms with Crippen molar-refractivity contribution in [2.75, 3.05) is 19.8 Å². The van der Waals surface area contributed by atoms with Crippen molar-refractivity contribution in [3.63, 3.8) is 0 Å². The molecule has 2 N–H and O–H groups in total. The van der Waals surface area contributed by atoms with Crippen LogP contribution in [0.25, 0.3) is 0 Å². The third-order valence-electron chi connectivity index (χ3n) is 3.64. The molecule has 5 nitrogen and oxygen atoms in total. The van der Waals surface area contributed by atoms with Crippen molar-refractivity contribution in [1.29, 1.82) is 0 Å². The van der Waals surface area contributed by atoms with E-state index in [4.69, 9.17) is 9.47 Å². The van der Waals surface area contributed by atoms with Gasteiger partial charge in [0.1, 0.15) is 5.60 Å². The van der Waals surface area contributed by atoms with Gasteiger partial charge in [0.2, 0.25) is 0 Å². The SMILES string of the molecule is CCOCC(C)NC1CCCC1CNC(=O)OC(C)(C)C. The highest BCUT2D eigenvalue weighted by Gasteiger charge is 2.29. The van der Waals surface area contributed by atoms with Gasteiger partial charge in [0.05, 0.1) is 6.61 Å². The fourth-order valence-electron chi connectivity index (χ4n) is 2.74. The van der Waals surface area contributed by atoms with Crippen molar-refractivity contribution >= 4 is 6.09 Å². The topological polar surface area (TPSA) is 59.6 Å². The summed E-state index contributed by atoms with van der Waals surface area (Å²) in [7, 11) is 0. The second kappa shape index (κ2) is 8.59. The number of carbonyl (C=O) groups is 1. The van der Waals surface area contributed by atoms with Crippen molar-refractivity contribution < 1.29 is 14.3 Å². The van der Waals surface area contributed by atoms with Crippen LogP contribution in [0.15, 0.2) is 0 Å². The van der Waals surface area contributed by atoms with E-state index in [1.54, 1.807) is 0 Å². The fraction of sp³-hybridized carbons (Fsp3) is 0.938. The minimum atomic E-state index is -0.441. The molecule has 0 radical (unpaired) electrons. The summed E-state index contributed by atoms with van der Waals surface area (Å²) >= 11 is 0. The van der Waals surface area contributed by atoms with E-state index in [2.05, 4.69) is 17.6 Å². The first-order chi connectivity index (χ1) is 9.81. The largest absolute Gasteiger partial charge is 0.444 e. The zero-order valence-electron chi connectivity index (χ0n) is 14.2. The van der Waals surface area contributed by atoms with Crippen molar-refractivity contribution in [3.05, 3.63) is 0 Å². The molecule has 124 valence electrons. The van der Waals surface area contributed by atoms with Gasteiger partial charge in [0.25, 0.3) is 0 Å². The van der Waals surface area contributed by atoms with Gasteiger partial charge in [0.15, 0.2) is 0 Å². The van der Waals surface area contributed by atoms with Crippen LogP contribution < -0.4 is 10.6 Å². The Morgan fingerprint density at radius 2 is 2.05 bits per heavy atom. The number of amides is 1. The van der Waals surface area contributed by atoms with Gasteiger partial charge in [0, 0.05) is 25.2 Å². The third-order valence-corrected chi connectivity index (χ3v) is 3.64. The second-order valence-corrected chi connectivity index (χ2v) is 6.91. The average molecular weight is 300 g/mol. The van der Waals surface area contributed by atoms with E-state index >= 15 is 0 Å². The van der Waals surface area contributed by atoms with Gasteiger partial charge in [-0.3, -0.25) is 0 Å². The molecule has 1 fully saturated rings. The fourth-order valence-corrected chi connectivity index (χ4v) is 2.74. The van der Waals surface area contributed by atoms with Crippen LogP contribution in [0, 0.1) is 5.92 Å². The lowest BCUT2D eigenvalue weighted by molar-refractivity contribution is 0.0516. The summed E-state index contributed by atoms with van der Waals surface area (Å²) in [6.07, 6.45) is 3.20. The van der Waals surface area contributed by atoms with Crippen LogP contribution in [-0.2, 0) is 9.47 Å². The zero-order chi connectivity index (χ0) is 15.9. The molecule has 0 aliphatic heterocycles. The lowest BCUT2D eigenvalue weighted by Gasteiger charge is -2.26. The molecule has 5 heteroatoms. The van der Waals surface area contributed by atoms with Gasteiger partial charge in [-0.2, -0.15) is 0 Å². The first kappa shape index (κ1) is 18.2. The number of hydrogen-bond acceptors (Lipinski definition) is 4. The maximum Gasteiger partial charge on any atom is 0.407 e. The van der Waals surface area contributed by atoms with E-state index < -0.39 is 5.60 Å². The molecule has 0 saturated heterocycles. The maximum atomic E-state index is 11.7. The van der Waals surface area contributed by atoms with Gasteiger partial charge in [-0.25, -0.2) is 4.79 Å². The van der Waals surface area contributed by atoms with Crippen LogP contribution in [-0.4, -0.2) is 43.5 Å². The number of alkyl carbamates (subject to hydrolysis) is 1. The van der Waals surface area contributed by atoms with E-state index in [0.717, 1.165) is 26.1 Å². The molecule has 1 aliphatic carbocycles. The molecule has 0 bridgehead atoms. The Labute approximate surface area is 129 Å². The summed E-state index contributed by atoms with van der Waals surface area (Å²) in [5.41, 5.74) is -0.441. The monoisotopic (exact) mass is 300 g/mol. The van der Waals surface area contributed by atoms with Crippen LogP contribution in [0.3, 0.4) is 0 Å². The Morgan fingerprint density at radius 1 is 1.33 bits per heavy atom. The Morgan fingerprint density at radius 3 is 2.67 bits per heavy atom. The van der Waals surface area contributed by atoms with E-state index in [9.17, 15) is 4.79 Å². The first-order valence-corrected chi connectivity index (χ1v) is 8.12. The molecule has 1 aliphatic rings. The molecule has 1 saturated carbocycles. The number of hydrogen-bond donors (Lipinski definition) is 2. The van der Waals surface area contributed by atoms with E-state index in [1.165, 1.54) is 6.42 Å². The molecule has 1 rings (SSSR count). The molecule has 1 amide bonds. The predicted molar refractivity (Wildman–Crippen MR) is 84.5 cm³/mol. The molecule has 3 atom stereocenters. The van der Waals surface area contributed by atoms with Crippen molar-refractivity contribution in [1.82, 2.24) is 10.6 Å². The summed E-state index contributed by atoms with van der Waals surface area (Å²) in [6, 6.07) is 0.799. The van der Waals surface area contributed by atoms with Crippen LogP contribution in [0.2, 0.25) is 0 Å². The molecule has 0 aromatic heterocycles. The third kappa shape index (κ3) is 7.67. The molecular weight excluding hydrogens is 268 g/mol. The van der Waals surface area contributed by atoms with Gasteiger partial charge >= 0.3 is 6.09 Å². The predicted octanol–water partition coefficient (Wildman–Crippen LogP) is 2.69. The summed E-state index contributed by atoms with van der Waals surface area (Å²) in [5, 5.41) is 6.51. The number of nitrogens with one attached hydrogen (secondary N) is 2. The summed E-state index contributed by atoms with van der Waals surface area (Å²) < 4.78 is 10.7. The number of ether oxygens (including phenoxy) is 2. The zero-order valence-corrected chi connectivity index (χ0v) is 14.2. The number of carbonyl (C=O) groups excluding carboxylic acids is 1. The Bertz CT molecular complexity index is 315. The van der Waals surface area contributed by atoms with Gasteiger partial charge in [-0.05, 0) is 53.4 Å². The lowest BCUT2D eigenvalue weighted by Crippen LogP contribution is -2.45. The summed E-state index contributed by atoms with van der Waals surface area (Å²) in [6.45, 7) is 11.9. The van der Waals surface area contributed by atoms with Crippen LogP contribution >= 0.6 is 0 Å². The standard InChI is InChI=1S/C16H32N2O3/c1-6-20-11-12(2)18-14-9-7-8-13(14)10-17-15(19)21-16(3,4)5/h12-14,18H,6-11H2,1-5H3,(H,17,19). The Hall–Kier alpha value is -0.810. The van der Waals surface area contributed by atoms with E-state index in [0.29, 0.717) is 24.5 Å². The smallest absolute Gasteiger partial charge is 0.407 e. The van der Waals surface area contributed by atoms with E-state index in [-0.39, 0.29) is 6.09 Å². The van der Waals surface area contributed by atoms with Crippen molar-refractivity contribution in [2.24, 2.45) is 5.92 Å². The molecule has 0 heterocycles. The van der Waals surface area contributed by atoms with Gasteiger partial charge < -0.3 is 20.1 Å². The lowest BCUT2D eigenvalue weighted by atomic mass is 10.0. The average Bonchev–Trinajstić information content (AvgIpc) is 2.79. The quantitative estimate of drug-likeness (QED) is 0.759. The van der Waals surface area contributed by atoms with Crippen molar-refractivity contribution in [3.8, 4) is 0 Å². The second-order valence-electron chi connectivity index (χ2n) is 6.91. The molecular formula is C16H32N2O3. The van der Waals surface area contributed by atoms with Gasteiger partial charge in [-0.1, -0.05) is 6.42 Å². The highest BCUT2D eigenvalue weighted by atomic mass is 16.6. The Balaban J connectivity index is 2.31. The molecule has 21 heavy (non-hydrogen) atoms. The van der Waals surface area contributed by atoms with Gasteiger partial charge in [-0.15, -0.1) is 0 Å². The highest BCUT2D eigenvalue weighted by molar-refractivity contribution is 5.67. The summed E-state index contributed by atoms with van der Waals surface area (Å²) in [5.74, 6) is 0.474. The summed E-state index contributed by atoms with van der Waals surface area (Å²) in [4.78, 5) is 11.7. The number of rotatable bonds is 7. The molecule has 0 spiro atoms. The molecule has 0 aromatic rings. The first-order valence-electron chi connectivity index (χ1n) is 8.12. The molecule has 3 unspecified atom stereocenters. The van der Waals surface area contributed by atoms with Crippen LogP contribution in [0.5, 0.6) is 0 Å². The molecule has 0 aromatic carbocycles. The van der Waals surface area contributed by atoms with Crippen LogP contribution in [0.1, 0.15) is 53.9 Å².